The number of para-hydroxylation sites is 2. The molecule has 0 amide bonds. The molecule has 0 spiro atoms. The van der Waals surface area contributed by atoms with E-state index < -0.39 is 104 Å². The first kappa shape index (κ1) is 51.1. The Morgan fingerprint density at radius 3 is 1.05 bits per heavy atom. The number of rotatable bonds is 5. The van der Waals surface area contributed by atoms with Gasteiger partial charge in [0.1, 0.15) is 6.07 Å². The number of benzene rings is 8. The molecule has 10 aromatic rings. The zero-order valence-electron chi connectivity index (χ0n) is 37.6. The second-order valence-corrected chi connectivity index (χ2v) is 17.5. The van der Waals surface area contributed by atoms with E-state index in [1.165, 1.54) is 81.9 Å². The minimum absolute atomic E-state index is 0.0380. The molecule has 2 aromatic heterocycles. The Bertz CT molecular complexity index is 3940. The average Bonchev–Trinajstić information content (AvgIpc) is 3.92. The standard InChI is InChI=1S/C55H25F18N3/c56-50(57,58)32-16-29(17-33(23-32)51(59,60)61)27-12-14-45-38(20-27)36-6-1-3-10-43(36)75(45)47-25-40(49-41(54(68,69)70)8-5-9-42(49)55(71,72)73)48(22-31(47)26-74)76-44-11-4-2-7-37(44)39-21-28(13-15-46(39)76)30-18-34(52(62,63)64)24-35(19-30)53(65,66)67/h1-25H. The fourth-order valence-electron chi connectivity index (χ4n) is 9.62. The van der Waals surface area contributed by atoms with Crippen molar-refractivity contribution >= 4 is 43.6 Å². The van der Waals surface area contributed by atoms with E-state index >= 15 is 26.3 Å². The molecule has 3 nitrogen and oxygen atoms in total. The van der Waals surface area contributed by atoms with Crippen molar-refractivity contribution in [3.8, 4) is 50.8 Å². The van der Waals surface area contributed by atoms with E-state index in [0.717, 1.165) is 24.3 Å². The summed E-state index contributed by atoms with van der Waals surface area (Å²) < 4.78 is 262. The van der Waals surface area contributed by atoms with Gasteiger partial charge in [-0.15, -0.1) is 0 Å². The topological polar surface area (TPSA) is 33.6 Å². The molecule has 0 N–H and O–H groups in total. The SMILES string of the molecule is N#Cc1cc(-n2c3ccccc3c3cc(-c4cc(C(F)(F)F)cc(C(F)(F)F)c4)ccc32)c(-c2c(C(F)(F)F)cccc2C(F)(F)F)cc1-n1c2ccccc2c2cc(-c3cc(C(F)(F)F)cc(C(F)(F)F)c3)ccc21. The molecule has 0 aliphatic heterocycles. The number of nitrogens with zero attached hydrogens (tertiary/aromatic N) is 3. The van der Waals surface area contributed by atoms with Crippen LogP contribution in [-0.4, -0.2) is 9.13 Å². The summed E-state index contributed by atoms with van der Waals surface area (Å²) in [6, 6.07) is 25.7. The van der Waals surface area contributed by atoms with Crippen LogP contribution in [-0.2, 0) is 37.1 Å². The highest BCUT2D eigenvalue weighted by molar-refractivity contribution is 6.12. The van der Waals surface area contributed by atoms with Gasteiger partial charge in [0, 0.05) is 32.7 Å². The first-order valence-electron chi connectivity index (χ1n) is 22.0. The minimum atomic E-state index is -5.50. The molecule has 0 aliphatic rings. The molecule has 386 valence electrons. The first-order chi connectivity index (χ1) is 35.4. The van der Waals surface area contributed by atoms with Gasteiger partial charge in [-0.1, -0.05) is 54.6 Å². The number of nitriles is 1. The monoisotopic (exact) mass is 1070 g/mol. The lowest BCUT2D eigenvalue weighted by Gasteiger charge is -2.24. The van der Waals surface area contributed by atoms with Crippen molar-refractivity contribution in [2.75, 3.05) is 0 Å². The maximum absolute atomic E-state index is 15.3. The van der Waals surface area contributed by atoms with Crippen molar-refractivity contribution in [3.05, 3.63) is 191 Å². The van der Waals surface area contributed by atoms with Crippen molar-refractivity contribution in [2.24, 2.45) is 0 Å². The molecular formula is C55H25F18N3. The number of hydrogen-bond acceptors (Lipinski definition) is 1. The minimum Gasteiger partial charge on any atom is -0.309 e. The smallest absolute Gasteiger partial charge is 0.309 e. The number of hydrogen-bond donors (Lipinski definition) is 0. The summed E-state index contributed by atoms with van der Waals surface area (Å²) in [7, 11) is 0. The van der Waals surface area contributed by atoms with Gasteiger partial charge >= 0.3 is 37.1 Å². The molecule has 8 aromatic carbocycles. The third kappa shape index (κ3) is 8.88. The number of aromatic nitrogens is 2. The molecule has 10 rings (SSSR count). The number of halogens is 18. The van der Waals surface area contributed by atoms with Gasteiger partial charge in [-0.25, -0.2) is 0 Å². The van der Waals surface area contributed by atoms with E-state index in [0.29, 0.717) is 42.5 Å². The van der Waals surface area contributed by atoms with Crippen LogP contribution in [0.3, 0.4) is 0 Å². The molecule has 0 saturated carbocycles. The highest BCUT2D eigenvalue weighted by Crippen LogP contribution is 2.50. The van der Waals surface area contributed by atoms with Gasteiger partial charge < -0.3 is 9.13 Å². The van der Waals surface area contributed by atoms with Gasteiger partial charge in [0.15, 0.2) is 0 Å². The van der Waals surface area contributed by atoms with Crippen molar-refractivity contribution in [1.82, 2.24) is 9.13 Å². The molecule has 0 saturated heterocycles. The van der Waals surface area contributed by atoms with Crippen molar-refractivity contribution in [2.45, 2.75) is 37.1 Å². The zero-order chi connectivity index (χ0) is 54.8. The van der Waals surface area contributed by atoms with Crippen LogP contribution in [0, 0.1) is 11.3 Å². The van der Waals surface area contributed by atoms with Gasteiger partial charge in [0.05, 0.1) is 72.4 Å². The Hall–Kier alpha value is -8.41. The molecule has 0 unspecified atom stereocenters. The largest absolute Gasteiger partial charge is 0.417 e. The van der Waals surface area contributed by atoms with Crippen LogP contribution < -0.4 is 0 Å². The molecule has 0 radical (unpaired) electrons. The molecule has 0 atom stereocenters. The van der Waals surface area contributed by atoms with E-state index in [1.807, 2.05) is 6.07 Å². The maximum Gasteiger partial charge on any atom is 0.417 e. The zero-order valence-corrected chi connectivity index (χ0v) is 37.6. The fourth-order valence-corrected chi connectivity index (χ4v) is 9.62. The quantitative estimate of drug-likeness (QED) is 0.158. The highest BCUT2D eigenvalue weighted by Gasteiger charge is 2.43. The van der Waals surface area contributed by atoms with E-state index in [-0.39, 0.29) is 72.6 Å². The Morgan fingerprint density at radius 2 is 0.684 bits per heavy atom. The molecule has 0 fully saturated rings. The third-order valence-electron chi connectivity index (χ3n) is 12.8. The van der Waals surface area contributed by atoms with Crippen molar-refractivity contribution < 1.29 is 79.0 Å². The summed E-state index contributed by atoms with van der Waals surface area (Å²) in [5.41, 5.74) is -14.9. The number of alkyl halides is 18. The Morgan fingerprint density at radius 1 is 0.316 bits per heavy atom. The van der Waals surface area contributed by atoms with Crippen molar-refractivity contribution in [3.63, 3.8) is 0 Å². The van der Waals surface area contributed by atoms with Crippen LogP contribution in [0.2, 0.25) is 0 Å². The van der Waals surface area contributed by atoms with Gasteiger partial charge in [-0.3, -0.25) is 0 Å². The van der Waals surface area contributed by atoms with Crippen LogP contribution in [0.1, 0.15) is 38.9 Å². The number of fused-ring (bicyclic) bond motifs is 6. The lowest BCUT2D eigenvalue weighted by atomic mass is 9.90. The van der Waals surface area contributed by atoms with Crippen LogP contribution in [0.15, 0.2) is 152 Å². The molecule has 21 heteroatoms. The third-order valence-corrected chi connectivity index (χ3v) is 12.8. The predicted molar refractivity (Wildman–Crippen MR) is 246 cm³/mol. The summed E-state index contributed by atoms with van der Waals surface area (Å²) >= 11 is 0. The summed E-state index contributed by atoms with van der Waals surface area (Å²) in [4.78, 5) is 0. The predicted octanol–water partition coefficient (Wildman–Crippen LogP) is 18.9. The molecule has 0 bridgehead atoms. The van der Waals surface area contributed by atoms with Crippen LogP contribution >= 0.6 is 0 Å². The summed E-state index contributed by atoms with van der Waals surface area (Å²) in [5.74, 6) is 0. The van der Waals surface area contributed by atoms with E-state index in [4.69, 9.17) is 0 Å². The highest BCUT2D eigenvalue weighted by atomic mass is 19.4. The second kappa shape index (κ2) is 17.3. The van der Waals surface area contributed by atoms with Crippen LogP contribution in [0.5, 0.6) is 0 Å². The Kier molecular flexibility index (Phi) is 11.6. The van der Waals surface area contributed by atoms with E-state index in [2.05, 4.69) is 0 Å². The van der Waals surface area contributed by atoms with Crippen molar-refractivity contribution in [1.29, 1.82) is 5.26 Å². The average molecular weight is 1070 g/mol. The molecule has 2 heterocycles. The Labute approximate surface area is 414 Å². The van der Waals surface area contributed by atoms with Crippen LogP contribution in [0.25, 0.3) is 88.4 Å². The van der Waals surface area contributed by atoms with Gasteiger partial charge in [-0.05, 0) is 119 Å². The lowest BCUT2D eigenvalue weighted by molar-refractivity contribution is -0.144. The first-order valence-corrected chi connectivity index (χ1v) is 22.0. The summed E-state index contributed by atoms with van der Waals surface area (Å²) in [6.07, 6.45) is -31.9. The van der Waals surface area contributed by atoms with Gasteiger partial charge in [0.25, 0.3) is 0 Å². The van der Waals surface area contributed by atoms with E-state index in [9.17, 15) is 57.9 Å². The van der Waals surface area contributed by atoms with Gasteiger partial charge in [0.2, 0.25) is 0 Å². The fraction of sp³-hybridized carbons (Fsp3) is 0.109. The Balaban J connectivity index is 1.29. The molecule has 76 heavy (non-hydrogen) atoms. The summed E-state index contributed by atoms with van der Waals surface area (Å²) in [6.45, 7) is 0. The molecular weight excluding hydrogens is 1040 g/mol. The van der Waals surface area contributed by atoms with Gasteiger partial charge in [-0.2, -0.15) is 84.3 Å². The van der Waals surface area contributed by atoms with E-state index in [1.54, 1.807) is 0 Å². The second-order valence-electron chi connectivity index (χ2n) is 17.5. The molecule has 0 aliphatic carbocycles. The maximum atomic E-state index is 15.3. The normalized spacial score (nSPS) is 13.1. The summed E-state index contributed by atoms with van der Waals surface area (Å²) in [5, 5.41) is 11.5. The lowest BCUT2D eigenvalue weighted by Crippen LogP contribution is -2.15. The van der Waals surface area contributed by atoms with Crippen LogP contribution in [0.4, 0.5) is 79.0 Å².